The van der Waals surface area contributed by atoms with E-state index in [9.17, 15) is 10.1 Å². The molecule has 7 heteroatoms. The minimum Gasteiger partial charge on any atom is -0.493 e. The number of non-ortho nitro benzene ring substituents is 1. The second kappa shape index (κ2) is 7.90. The van der Waals surface area contributed by atoms with Gasteiger partial charge >= 0.3 is 0 Å². The first kappa shape index (κ1) is 18.4. The van der Waals surface area contributed by atoms with Gasteiger partial charge in [-0.25, -0.2) is 5.01 Å². The number of hydrazone groups is 1. The Hall–Kier alpha value is -3.35. The van der Waals surface area contributed by atoms with Crippen LogP contribution >= 0.6 is 0 Å². The molecule has 0 spiro atoms. The molecule has 0 N–H and O–H groups in total. The van der Waals surface area contributed by atoms with Gasteiger partial charge in [0.1, 0.15) is 0 Å². The Labute approximate surface area is 157 Å². The molecule has 7 nitrogen and oxygen atoms in total. The van der Waals surface area contributed by atoms with Crippen molar-refractivity contribution < 1.29 is 14.4 Å². The number of benzene rings is 2. The van der Waals surface area contributed by atoms with Gasteiger partial charge < -0.3 is 9.47 Å². The molecule has 0 heterocycles. The van der Waals surface area contributed by atoms with Crippen molar-refractivity contribution in [1.29, 1.82) is 0 Å². The molecule has 0 bridgehead atoms. The maximum absolute atomic E-state index is 10.8. The van der Waals surface area contributed by atoms with Gasteiger partial charge in [0, 0.05) is 23.9 Å². The number of rotatable bonds is 6. The minimum atomic E-state index is -0.426. The Bertz CT molecular complexity index is 891. The highest BCUT2D eigenvalue weighted by molar-refractivity contribution is 6.03. The molecule has 0 aliphatic heterocycles. The second-order valence-electron chi connectivity index (χ2n) is 6.07. The summed E-state index contributed by atoms with van der Waals surface area (Å²) in [6.45, 7) is 3.82. The summed E-state index contributed by atoms with van der Waals surface area (Å²) in [5.41, 5.74) is 3.83. The number of fused-ring (bicyclic) bond motifs is 1. The number of methoxy groups -OCH3 is 2. The highest BCUT2D eigenvalue weighted by Crippen LogP contribution is 2.34. The van der Waals surface area contributed by atoms with E-state index in [-0.39, 0.29) is 5.69 Å². The summed E-state index contributed by atoms with van der Waals surface area (Å²) in [6.07, 6.45) is 4.33. The molecule has 0 aromatic heterocycles. The van der Waals surface area contributed by atoms with Crippen molar-refractivity contribution in [2.75, 3.05) is 19.2 Å². The third-order valence-electron chi connectivity index (χ3n) is 4.51. The van der Waals surface area contributed by atoms with Crippen molar-refractivity contribution in [1.82, 2.24) is 0 Å². The number of nitro groups is 1. The zero-order valence-corrected chi connectivity index (χ0v) is 15.3. The molecular weight excluding hydrogens is 346 g/mol. The maximum atomic E-state index is 10.8. The lowest BCUT2D eigenvalue weighted by atomic mass is 9.89. The van der Waals surface area contributed by atoms with E-state index in [0.29, 0.717) is 17.2 Å². The van der Waals surface area contributed by atoms with E-state index >= 15 is 0 Å². The largest absolute Gasteiger partial charge is 0.493 e. The van der Waals surface area contributed by atoms with Crippen LogP contribution in [0.3, 0.4) is 0 Å². The third kappa shape index (κ3) is 3.76. The fourth-order valence-electron chi connectivity index (χ4n) is 3.14. The average Bonchev–Trinajstić information content (AvgIpc) is 2.71. The monoisotopic (exact) mass is 367 g/mol. The summed E-state index contributed by atoms with van der Waals surface area (Å²) < 4.78 is 10.8. The SMILES string of the molecule is C=CN(/N=C1\CCCc2cc(OC)c(OC)cc21)c1ccc([N+](=O)[O-])cc1. The lowest BCUT2D eigenvalue weighted by molar-refractivity contribution is -0.384. The van der Waals surface area contributed by atoms with E-state index in [0.717, 1.165) is 36.1 Å². The Balaban J connectivity index is 1.99. The van der Waals surface area contributed by atoms with E-state index in [2.05, 4.69) is 6.58 Å². The van der Waals surface area contributed by atoms with Gasteiger partial charge in [-0.3, -0.25) is 10.1 Å². The number of anilines is 1. The molecule has 1 aliphatic carbocycles. The fraction of sp³-hybridized carbons (Fsp3) is 0.250. The van der Waals surface area contributed by atoms with Crippen LogP contribution in [0.4, 0.5) is 11.4 Å². The summed E-state index contributed by atoms with van der Waals surface area (Å²) in [7, 11) is 3.23. The van der Waals surface area contributed by atoms with Crippen LogP contribution in [0, 0.1) is 10.1 Å². The smallest absolute Gasteiger partial charge is 0.269 e. The van der Waals surface area contributed by atoms with Crippen LogP contribution in [-0.4, -0.2) is 24.9 Å². The van der Waals surface area contributed by atoms with Crippen molar-refractivity contribution in [3.05, 3.63) is 70.4 Å². The number of ether oxygens (including phenoxy) is 2. The maximum Gasteiger partial charge on any atom is 0.269 e. The molecule has 140 valence electrons. The quantitative estimate of drug-likeness (QED) is 0.562. The van der Waals surface area contributed by atoms with Crippen molar-refractivity contribution >= 4 is 17.1 Å². The van der Waals surface area contributed by atoms with Gasteiger partial charge in [0.15, 0.2) is 11.5 Å². The van der Waals surface area contributed by atoms with Crippen LogP contribution in [0.2, 0.25) is 0 Å². The van der Waals surface area contributed by atoms with Gasteiger partial charge in [-0.1, -0.05) is 6.58 Å². The van der Waals surface area contributed by atoms with Gasteiger partial charge in [-0.2, -0.15) is 5.10 Å². The molecule has 0 amide bonds. The zero-order chi connectivity index (χ0) is 19.4. The molecule has 0 fully saturated rings. The van der Waals surface area contributed by atoms with Crippen molar-refractivity contribution in [3.63, 3.8) is 0 Å². The minimum absolute atomic E-state index is 0.0373. The van der Waals surface area contributed by atoms with Crippen LogP contribution in [-0.2, 0) is 6.42 Å². The standard InChI is InChI=1S/C20H21N3O4/c1-4-22(15-8-10-16(11-9-15)23(24)25)21-18-7-5-6-14-12-19(26-2)20(27-3)13-17(14)18/h4,8-13H,1,5-7H2,2-3H3/b21-18+. The van der Waals surface area contributed by atoms with Crippen LogP contribution < -0.4 is 14.5 Å². The lowest BCUT2D eigenvalue weighted by Crippen LogP contribution is -2.18. The van der Waals surface area contributed by atoms with Crippen LogP contribution in [0.5, 0.6) is 11.5 Å². The highest BCUT2D eigenvalue weighted by atomic mass is 16.6. The predicted molar refractivity (Wildman–Crippen MR) is 105 cm³/mol. The second-order valence-corrected chi connectivity index (χ2v) is 6.07. The molecule has 3 rings (SSSR count). The highest BCUT2D eigenvalue weighted by Gasteiger charge is 2.20. The number of hydrogen-bond acceptors (Lipinski definition) is 6. The zero-order valence-electron chi connectivity index (χ0n) is 15.3. The Morgan fingerprint density at radius 1 is 1.15 bits per heavy atom. The Kier molecular flexibility index (Phi) is 5.40. The Morgan fingerprint density at radius 2 is 1.81 bits per heavy atom. The van der Waals surface area contributed by atoms with Crippen molar-refractivity contribution in [2.45, 2.75) is 19.3 Å². The molecule has 2 aromatic carbocycles. The summed E-state index contributed by atoms with van der Waals surface area (Å²) in [5, 5.41) is 17.2. The van der Waals surface area contributed by atoms with E-state index in [1.54, 1.807) is 37.6 Å². The molecule has 0 unspecified atom stereocenters. The molecule has 2 aromatic rings. The van der Waals surface area contributed by atoms with Crippen molar-refractivity contribution in [2.24, 2.45) is 5.10 Å². The van der Waals surface area contributed by atoms with Gasteiger partial charge in [-0.15, -0.1) is 0 Å². The number of aryl methyl sites for hydroxylation is 1. The van der Waals surface area contributed by atoms with Crippen LogP contribution in [0.1, 0.15) is 24.0 Å². The summed E-state index contributed by atoms with van der Waals surface area (Å²) in [4.78, 5) is 10.4. The van der Waals surface area contributed by atoms with E-state index < -0.39 is 4.92 Å². The molecule has 0 saturated heterocycles. The number of nitro benzene ring substituents is 1. The van der Waals surface area contributed by atoms with E-state index in [1.165, 1.54) is 12.1 Å². The van der Waals surface area contributed by atoms with Gasteiger partial charge in [0.2, 0.25) is 0 Å². The first-order valence-corrected chi connectivity index (χ1v) is 8.56. The van der Waals surface area contributed by atoms with E-state index in [4.69, 9.17) is 14.6 Å². The number of hydrogen-bond donors (Lipinski definition) is 0. The molecule has 0 saturated carbocycles. The molecule has 0 atom stereocenters. The van der Waals surface area contributed by atoms with Crippen molar-refractivity contribution in [3.8, 4) is 11.5 Å². The average molecular weight is 367 g/mol. The Morgan fingerprint density at radius 3 is 2.41 bits per heavy atom. The van der Waals surface area contributed by atoms with Gasteiger partial charge in [0.05, 0.1) is 30.5 Å². The topological polar surface area (TPSA) is 77.2 Å². The summed E-state index contributed by atoms with van der Waals surface area (Å²) in [5.74, 6) is 1.36. The van der Waals surface area contributed by atoms with E-state index in [1.807, 2.05) is 12.1 Å². The first-order chi connectivity index (χ1) is 13.1. The summed E-state index contributed by atoms with van der Waals surface area (Å²) >= 11 is 0. The summed E-state index contributed by atoms with van der Waals surface area (Å²) in [6, 6.07) is 10.2. The number of nitrogens with zero attached hydrogens (tertiary/aromatic N) is 3. The lowest BCUT2D eigenvalue weighted by Gasteiger charge is -2.23. The van der Waals surface area contributed by atoms with Gasteiger partial charge in [0.25, 0.3) is 5.69 Å². The fourth-order valence-corrected chi connectivity index (χ4v) is 3.14. The predicted octanol–water partition coefficient (Wildman–Crippen LogP) is 4.30. The molecule has 0 radical (unpaired) electrons. The first-order valence-electron chi connectivity index (χ1n) is 8.56. The normalized spacial score (nSPS) is 14.4. The third-order valence-corrected chi connectivity index (χ3v) is 4.51. The van der Waals surface area contributed by atoms with Gasteiger partial charge in [-0.05, 0) is 49.1 Å². The molecular formula is C20H21N3O4. The van der Waals surface area contributed by atoms with Crippen LogP contribution in [0.15, 0.2) is 54.3 Å². The molecule has 27 heavy (non-hydrogen) atoms. The van der Waals surface area contributed by atoms with Crippen LogP contribution in [0.25, 0.3) is 0 Å². The molecule has 1 aliphatic rings.